The number of carbonyl (C=O) groups is 2. The van der Waals surface area contributed by atoms with Crippen LogP contribution < -0.4 is 10.6 Å². The molecule has 176 valence electrons. The quantitative estimate of drug-likeness (QED) is 0.312. The first-order chi connectivity index (χ1) is 16.0. The highest BCUT2D eigenvalue weighted by Crippen LogP contribution is 2.65. The zero-order valence-electron chi connectivity index (χ0n) is 16.8. The number of alkyl halides is 2. The Morgan fingerprint density at radius 1 is 0.853 bits per heavy atom. The summed E-state index contributed by atoms with van der Waals surface area (Å²) in [6.45, 7) is 0. The Hall–Kier alpha value is -2.09. The Morgan fingerprint density at radius 3 is 2.18 bits per heavy atom. The number of rotatable bonds is 5. The van der Waals surface area contributed by atoms with Crippen molar-refractivity contribution in [3.05, 3.63) is 92.4 Å². The summed E-state index contributed by atoms with van der Waals surface area (Å²) in [5, 5.41) is 6.02. The summed E-state index contributed by atoms with van der Waals surface area (Å²) in [4.78, 5) is 25.3. The van der Waals surface area contributed by atoms with Crippen LogP contribution in [0.5, 0.6) is 0 Å². The number of carbonyl (C=O) groups excluding carboxylic acids is 2. The van der Waals surface area contributed by atoms with Gasteiger partial charge in [-0.1, -0.05) is 34.8 Å². The maximum absolute atomic E-state index is 13.9. The van der Waals surface area contributed by atoms with Crippen molar-refractivity contribution < 1.29 is 18.4 Å². The number of hydrogen-bond acceptors (Lipinski definition) is 2. The third kappa shape index (κ3) is 5.11. The molecule has 2 unspecified atom stereocenters. The van der Waals surface area contributed by atoms with Crippen LogP contribution in [0, 0.1) is 17.6 Å². The topological polar surface area (TPSA) is 58.2 Å². The molecule has 0 bridgehead atoms. The van der Waals surface area contributed by atoms with E-state index in [-0.39, 0.29) is 22.0 Å². The number of amides is 2. The minimum absolute atomic E-state index is 0.102. The van der Waals surface area contributed by atoms with Crippen LogP contribution in [-0.2, 0) is 4.79 Å². The first kappa shape index (κ1) is 25.0. The van der Waals surface area contributed by atoms with Gasteiger partial charge in [0.05, 0.1) is 22.2 Å². The second kappa shape index (κ2) is 9.51. The average Bonchev–Trinajstić information content (AvgIpc) is 3.32. The second-order valence-electron chi connectivity index (χ2n) is 7.59. The molecule has 1 aliphatic carbocycles. The third-order valence-electron chi connectivity index (χ3n) is 5.24. The molecule has 0 radical (unpaired) electrons. The lowest BCUT2D eigenvalue weighted by Gasteiger charge is -2.11. The highest BCUT2D eigenvalue weighted by Gasteiger charge is 2.67. The van der Waals surface area contributed by atoms with Crippen molar-refractivity contribution in [1.29, 1.82) is 0 Å². The minimum atomic E-state index is -1.37. The van der Waals surface area contributed by atoms with E-state index in [0.717, 1.165) is 12.1 Å². The Morgan fingerprint density at radius 2 is 1.53 bits per heavy atom. The molecule has 2 N–H and O–H groups in total. The van der Waals surface area contributed by atoms with E-state index in [1.165, 1.54) is 18.2 Å². The first-order valence-corrected chi connectivity index (χ1v) is 11.6. The van der Waals surface area contributed by atoms with Crippen molar-refractivity contribution in [2.75, 3.05) is 10.6 Å². The van der Waals surface area contributed by atoms with E-state index in [1.807, 2.05) is 0 Å². The highest BCUT2D eigenvalue weighted by molar-refractivity contribution is 6.53. The smallest absolute Gasteiger partial charge is 0.258 e. The summed E-state index contributed by atoms with van der Waals surface area (Å²) in [6.07, 6.45) is 0. The Balaban J connectivity index is 1.51. The van der Waals surface area contributed by atoms with Gasteiger partial charge in [0, 0.05) is 27.7 Å². The van der Waals surface area contributed by atoms with Gasteiger partial charge < -0.3 is 10.6 Å². The van der Waals surface area contributed by atoms with Gasteiger partial charge in [-0.2, -0.15) is 0 Å². The van der Waals surface area contributed by atoms with Gasteiger partial charge in [0.15, 0.2) is 0 Å². The van der Waals surface area contributed by atoms with Crippen LogP contribution in [0.2, 0.25) is 15.1 Å². The number of nitrogens with one attached hydrogen (secondary N) is 2. The summed E-state index contributed by atoms with van der Waals surface area (Å²) >= 11 is 31.0. The molecule has 4 rings (SSSR count). The van der Waals surface area contributed by atoms with Gasteiger partial charge in [0.1, 0.15) is 16.0 Å². The summed E-state index contributed by atoms with van der Waals surface area (Å²) < 4.78 is 25.7. The molecule has 11 heteroatoms. The van der Waals surface area contributed by atoms with Crippen LogP contribution in [0.3, 0.4) is 0 Å². The number of hydrogen-bond donors (Lipinski definition) is 2. The Kier molecular flexibility index (Phi) is 7.00. The fraction of sp³-hybridized carbons (Fsp3) is 0.130. The largest absolute Gasteiger partial charge is 0.326 e. The summed E-state index contributed by atoms with van der Waals surface area (Å²) in [5.41, 5.74) is 0.628. The predicted molar refractivity (Wildman–Crippen MR) is 132 cm³/mol. The van der Waals surface area contributed by atoms with Crippen LogP contribution >= 0.6 is 58.0 Å². The molecule has 1 aliphatic rings. The monoisotopic (exact) mass is 562 g/mol. The van der Waals surface area contributed by atoms with Gasteiger partial charge in [-0.05, 0) is 54.1 Å². The fourth-order valence-corrected chi connectivity index (χ4v) is 5.14. The molecule has 2 amide bonds. The average molecular weight is 565 g/mol. The van der Waals surface area contributed by atoms with Crippen molar-refractivity contribution in [2.24, 2.45) is 5.92 Å². The lowest BCUT2D eigenvalue weighted by Crippen LogP contribution is -2.18. The standard InChI is InChI=1S/C23H13Cl5F2N2O2/c24-11-5-10(6-12(25)7-11)19-20(23(19,27)28)22(34)31-14-2-4-16(26)18(9-14)32-21(33)15-3-1-13(29)8-17(15)30/h1-9,19-20H,(H,31,34)(H,32,33). The molecule has 3 aromatic carbocycles. The van der Waals surface area contributed by atoms with E-state index < -0.39 is 39.6 Å². The van der Waals surface area contributed by atoms with Crippen molar-refractivity contribution in [1.82, 2.24) is 0 Å². The lowest BCUT2D eigenvalue weighted by molar-refractivity contribution is -0.117. The first-order valence-electron chi connectivity index (χ1n) is 9.68. The molecular weight excluding hydrogens is 552 g/mol. The number of anilines is 2. The minimum Gasteiger partial charge on any atom is -0.326 e. The molecule has 0 heterocycles. The molecule has 34 heavy (non-hydrogen) atoms. The molecule has 1 saturated carbocycles. The van der Waals surface area contributed by atoms with Crippen LogP contribution in [0.4, 0.5) is 20.2 Å². The summed E-state index contributed by atoms with van der Waals surface area (Å²) in [5.74, 6) is -4.50. The van der Waals surface area contributed by atoms with Gasteiger partial charge in [0.25, 0.3) is 5.91 Å². The van der Waals surface area contributed by atoms with Crippen molar-refractivity contribution in [3.8, 4) is 0 Å². The third-order valence-corrected chi connectivity index (χ3v) is 6.94. The maximum Gasteiger partial charge on any atom is 0.258 e. The van der Waals surface area contributed by atoms with Crippen LogP contribution in [0.25, 0.3) is 0 Å². The Bertz CT molecular complexity index is 1300. The molecule has 3 aromatic rings. The summed E-state index contributed by atoms with van der Waals surface area (Å²) in [6, 6.07) is 11.7. The normalized spacial score (nSPS) is 18.3. The van der Waals surface area contributed by atoms with Crippen molar-refractivity contribution in [2.45, 2.75) is 10.3 Å². The van der Waals surface area contributed by atoms with Crippen LogP contribution in [0.1, 0.15) is 21.8 Å². The van der Waals surface area contributed by atoms with E-state index in [2.05, 4.69) is 10.6 Å². The number of halogens is 7. The van der Waals surface area contributed by atoms with Gasteiger partial charge in [-0.3, -0.25) is 9.59 Å². The Labute approximate surface area is 218 Å². The van der Waals surface area contributed by atoms with E-state index in [9.17, 15) is 18.4 Å². The zero-order valence-corrected chi connectivity index (χ0v) is 20.6. The predicted octanol–water partition coefficient (Wildman–Crippen LogP) is 7.70. The second-order valence-corrected chi connectivity index (χ2v) is 10.3. The number of benzene rings is 3. The molecule has 0 saturated heterocycles. The molecule has 0 spiro atoms. The van der Waals surface area contributed by atoms with Crippen LogP contribution in [-0.4, -0.2) is 16.1 Å². The zero-order chi connectivity index (χ0) is 24.8. The van der Waals surface area contributed by atoms with Crippen LogP contribution in [0.15, 0.2) is 54.6 Å². The van der Waals surface area contributed by atoms with E-state index in [0.29, 0.717) is 21.7 Å². The molecule has 1 fully saturated rings. The molecule has 0 aliphatic heterocycles. The van der Waals surface area contributed by atoms with Gasteiger partial charge in [-0.25, -0.2) is 8.78 Å². The van der Waals surface area contributed by atoms with E-state index in [1.54, 1.807) is 18.2 Å². The highest BCUT2D eigenvalue weighted by atomic mass is 35.5. The maximum atomic E-state index is 13.9. The van der Waals surface area contributed by atoms with Crippen molar-refractivity contribution >= 4 is 81.2 Å². The summed E-state index contributed by atoms with van der Waals surface area (Å²) in [7, 11) is 0. The SMILES string of the molecule is O=C(Nc1cc(NC(=O)C2C(c3cc(Cl)cc(Cl)c3)C2(Cl)Cl)ccc1Cl)c1ccc(F)cc1F. The van der Waals surface area contributed by atoms with E-state index >= 15 is 0 Å². The van der Waals surface area contributed by atoms with Crippen molar-refractivity contribution in [3.63, 3.8) is 0 Å². The molecule has 4 nitrogen and oxygen atoms in total. The van der Waals surface area contributed by atoms with Gasteiger partial charge in [-0.15, -0.1) is 23.2 Å². The fourth-order valence-electron chi connectivity index (χ4n) is 3.60. The molecule has 0 aromatic heterocycles. The molecular formula is C23H13Cl5F2N2O2. The van der Waals surface area contributed by atoms with Gasteiger partial charge in [0.2, 0.25) is 5.91 Å². The van der Waals surface area contributed by atoms with E-state index in [4.69, 9.17) is 58.0 Å². The van der Waals surface area contributed by atoms with Gasteiger partial charge >= 0.3 is 0 Å². The lowest BCUT2D eigenvalue weighted by atomic mass is 10.1. The molecule has 2 atom stereocenters.